The molecule has 5 aromatic rings. The fourth-order valence-corrected chi connectivity index (χ4v) is 8.41. The monoisotopic (exact) mass is 751 g/mol. The Balaban J connectivity index is 1.47. The van der Waals surface area contributed by atoms with Crippen LogP contribution in [0.2, 0.25) is 0 Å². The van der Waals surface area contributed by atoms with Gasteiger partial charge in [-0.1, -0.05) is 31.5 Å². The molecule has 276 valence electrons. The molecule has 2 aliphatic heterocycles. The summed E-state index contributed by atoms with van der Waals surface area (Å²) in [4.78, 5) is 20.8. The summed E-state index contributed by atoms with van der Waals surface area (Å²) in [6, 6.07) is 7.36. The smallest absolute Gasteiger partial charge is 0.319 e. The van der Waals surface area contributed by atoms with Crippen molar-refractivity contribution in [2.75, 3.05) is 43.2 Å². The van der Waals surface area contributed by atoms with Crippen LogP contribution >= 0.6 is 11.3 Å². The van der Waals surface area contributed by atoms with Crippen molar-refractivity contribution in [1.82, 2.24) is 24.8 Å². The lowest BCUT2D eigenvalue weighted by Crippen LogP contribution is -2.47. The minimum atomic E-state index is -3.00. The number of anilines is 3. The molecule has 0 aliphatic carbocycles. The standard InChI is InChI=1S/C36H34F5N9O2S/c1-4-10-36(12-18(29(38)39)14-49(36)3)16-52-35-47-28-25-33(48-35)50(17(2)19-8-6-11-45-31(19)43)22(30(40)41)15-51-34(25)46-27(26(28)37)20-7-5-9-23-24(20)21(13-42)32(44)53-23/h5-9,11,17,22,30H,4,10,12,14-16,44H2,1-3H3,(H2,43,45). The fourth-order valence-electron chi connectivity index (χ4n) is 7.46. The quantitative estimate of drug-likeness (QED) is 0.144. The molecule has 0 bridgehead atoms. The van der Waals surface area contributed by atoms with Gasteiger partial charge in [0.25, 0.3) is 12.5 Å². The van der Waals surface area contributed by atoms with Crippen molar-refractivity contribution in [3.8, 4) is 29.2 Å². The van der Waals surface area contributed by atoms with Gasteiger partial charge in [-0.3, -0.25) is 4.90 Å². The number of likely N-dealkylation sites (tertiary alicyclic amines) is 1. The Bertz CT molecular complexity index is 2310. The molecule has 6 heterocycles. The second-order valence-corrected chi connectivity index (χ2v) is 14.3. The number of fused-ring (bicyclic) bond motifs is 1. The molecular formula is C36H34F5N9O2S. The topological polar surface area (TPSA) is 152 Å². The van der Waals surface area contributed by atoms with Crippen LogP contribution in [0.1, 0.15) is 50.3 Å². The number of thiophene rings is 1. The van der Waals surface area contributed by atoms with Crippen LogP contribution in [0, 0.1) is 17.1 Å². The number of hydrogen-bond acceptors (Lipinski definition) is 12. The average Bonchev–Trinajstić information content (AvgIpc) is 3.58. The van der Waals surface area contributed by atoms with Gasteiger partial charge in [-0.2, -0.15) is 24.0 Å². The van der Waals surface area contributed by atoms with Crippen molar-refractivity contribution in [2.24, 2.45) is 0 Å². The molecular weight excluding hydrogens is 718 g/mol. The molecule has 0 radical (unpaired) electrons. The number of rotatable bonds is 9. The molecule has 0 saturated carbocycles. The van der Waals surface area contributed by atoms with Crippen molar-refractivity contribution >= 4 is 49.0 Å². The number of alkyl halides is 2. The maximum Gasteiger partial charge on any atom is 0.319 e. The van der Waals surface area contributed by atoms with Gasteiger partial charge < -0.3 is 25.8 Å². The van der Waals surface area contributed by atoms with Gasteiger partial charge in [0.1, 0.15) is 52.7 Å². The summed E-state index contributed by atoms with van der Waals surface area (Å²) < 4.78 is 87.8. The van der Waals surface area contributed by atoms with Gasteiger partial charge in [-0.05, 0) is 38.9 Å². The van der Waals surface area contributed by atoms with E-state index >= 15 is 13.2 Å². The number of hydrogen-bond donors (Lipinski definition) is 2. The highest BCUT2D eigenvalue weighted by Gasteiger charge is 2.44. The molecule has 17 heteroatoms. The maximum absolute atomic E-state index is 17.2. The predicted molar refractivity (Wildman–Crippen MR) is 192 cm³/mol. The summed E-state index contributed by atoms with van der Waals surface area (Å²) >= 11 is 1.15. The molecule has 0 amide bonds. The summed E-state index contributed by atoms with van der Waals surface area (Å²) in [6.07, 6.45) is -2.15. The van der Waals surface area contributed by atoms with Crippen molar-refractivity contribution in [1.29, 1.82) is 5.26 Å². The first-order chi connectivity index (χ1) is 25.4. The second kappa shape index (κ2) is 13.9. The summed E-state index contributed by atoms with van der Waals surface area (Å²) in [6.45, 7) is 2.83. The van der Waals surface area contributed by atoms with E-state index in [1.165, 1.54) is 11.1 Å². The van der Waals surface area contributed by atoms with Crippen LogP contribution in [-0.2, 0) is 0 Å². The molecule has 3 atom stereocenters. The number of nitriles is 1. The van der Waals surface area contributed by atoms with E-state index in [1.54, 1.807) is 49.2 Å². The molecule has 11 nitrogen and oxygen atoms in total. The van der Waals surface area contributed by atoms with Crippen molar-refractivity contribution in [2.45, 2.75) is 57.2 Å². The molecule has 53 heavy (non-hydrogen) atoms. The van der Waals surface area contributed by atoms with Gasteiger partial charge in [-0.15, -0.1) is 11.3 Å². The molecule has 7 rings (SSSR count). The summed E-state index contributed by atoms with van der Waals surface area (Å²) in [7, 11) is 1.72. The van der Waals surface area contributed by atoms with Gasteiger partial charge in [0, 0.05) is 39.5 Å². The molecule has 0 spiro atoms. The second-order valence-electron chi connectivity index (χ2n) is 13.2. The Morgan fingerprint density at radius 1 is 1.17 bits per heavy atom. The van der Waals surface area contributed by atoms with Gasteiger partial charge in [0.15, 0.2) is 11.6 Å². The molecule has 1 fully saturated rings. The van der Waals surface area contributed by atoms with Gasteiger partial charge in [-0.25, -0.2) is 23.1 Å². The van der Waals surface area contributed by atoms with E-state index in [9.17, 15) is 14.0 Å². The minimum Gasteiger partial charge on any atom is -0.475 e. The zero-order chi connectivity index (χ0) is 37.8. The third kappa shape index (κ3) is 6.09. The highest BCUT2D eigenvalue weighted by atomic mass is 32.1. The van der Waals surface area contributed by atoms with Gasteiger partial charge >= 0.3 is 6.01 Å². The van der Waals surface area contributed by atoms with Crippen molar-refractivity contribution in [3.63, 3.8) is 0 Å². The number of nitrogens with two attached hydrogens (primary N) is 2. The predicted octanol–water partition coefficient (Wildman–Crippen LogP) is 7.47. The number of nitrogens with zero attached hydrogens (tertiary/aromatic N) is 7. The summed E-state index contributed by atoms with van der Waals surface area (Å²) in [5.41, 5.74) is 11.6. The lowest BCUT2D eigenvalue weighted by atomic mass is 9.90. The van der Waals surface area contributed by atoms with Crippen LogP contribution < -0.4 is 25.8 Å². The third-order valence-electron chi connectivity index (χ3n) is 10.1. The Labute approximate surface area is 304 Å². The summed E-state index contributed by atoms with van der Waals surface area (Å²) in [5.74, 6) is -1.25. The van der Waals surface area contributed by atoms with E-state index in [2.05, 4.69) is 26.0 Å². The van der Waals surface area contributed by atoms with E-state index in [-0.39, 0.29) is 81.4 Å². The SMILES string of the molecule is CCCC1(COc2nc3c4c(nc(-c5cccc6sc(N)c(C#N)c56)c(F)c4n2)OCC(C(F)F)N3C(C)c2cccnc2N)CC(=C(F)F)CN1C. The molecule has 3 unspecified atom stereocenters. The number of nitrogen functional groups attached to an aromatic ring is 2. The Kier molecular flexibility index (Phi) is 9.45. The van der Waals surface area contributed by atoms with E-state index in [0.29, 0.717) is 28.5 Å². The fraction of sp³-hybridized carbons (Fsp3) is 0.361. The Hall–Kier alpha value is -5.34. The third-order valence-corrected chi connectivity index (χ3v) is 11.1. The summed E-state index contributed by atoms with van der Waals surface area (Å²) in [5, 5.41) is 10.4. The number of benzene rings is 1. The van der Waals surface area contributed by atoms with E-state index in [4.69, 9.17) is 20.9 Å². The van der Waals surface area contributed by atoms with Crippen LogP contribution in [0.15, 0.2) is 48.2 Å². The maximum atomic E-state index is 17.2. The largest absolute Gasteiger partial charge is 0.475 e. The zero-order valence-corrected chi connectivity index (χ0v) is 29.7. The lowest BCUT2D eigenvalue weighted by Gasteiger charge is -2.36. The molecule has 4 N–H and O–H groups in total. The average molecular weight is 752 g/mol. The van der Waals surface area contributed by atoms with Crippen molar-refractivity contribution < 1.29 is 31.4 Å². The molecule has 2 aliphatic rings. The Morgan fingerprint density at radius 3 is 2.64 bits per heavy atom. The zero-order valence-electron chi connectivity index (χ0n) is 28.8. The van der Waals surface area contributed by atoms with Crippen molar-refractivity contribution in [3.05, 3.63) is 65.1 Å². The van der Waals surface area contributed by atoms with Gasteiger partial charge in [0.2, 0.25) is 5.88 Å². The molecule has 4 aromatic heterocycles. The normalized spacial score (nSPS) is 19.4. The lowest BCUT2D eigenvalue weighted by molar-refractivity contribution is 0.0805. The van der Waals surface area contributed by atoms with Crippen LogP contribution in [0.3, 0.4) is 0 Å². The van der Waals surface area contributed by atoms with Crippen LogP contribution in [-0.4, -0.2) is 69.6 Å². The first-order valence-electron chi connectivity index (χ1n) is 16.8. The first-order valence-corrected chi connectivity index (χ1v) is 17.6. The number of likely N-dealkylation sites (N-methyl/N-ethyl adjacent to an activating group) is 1. The van der Waals surface area contributed by atoms with Crippen LogP contribution in [0.5, 0.6) is 11.9 Å². The minimum absolute atomic E-state index is 0.0203. The highest BCUT2D eigenvalue weighted by Crippen LogP contribution is 2.47. The number of ether oxygens (including phenoxy) is 2. The highest BCUT2D eigenvalue weighted by molar-refractivity contribution is 7.23. The molecule has 1 aromatic carbocycles. The number of pyridine rings is 2. The number of aromatic nitrogens is 4. The number of halogens is 5. The van der Waals surface area contributed by atoms with Crippen LogP contribution in [0.25, 0.3) is 32.2 Å². The van der Waals surface area contributed by atoms with E-state index in [1.807, 2.05) is 6.92 Å². The van der Waals surface area contributed by atoms with E-state index < -0.39 is 42.6 Å². The van der Waals surface area contributed by atoms with Gasteiger partial charge in [0.05, 0.1) is 17.1 Å². The van der Waals surface area contributed by atoms with Crippen LogP contribution in [0.4, 0.5) is 38.6 Å². The Morgan fingerprint density at radius 2 is 1.96 bits per heavy atom. The molecule has 1 saturated heterocycles. The first kappa shape index (κ1) is 36.0. The van der Waals surface area contributed by atoms with E-state index in [0.717, 1.165) is 11.3 Å².